The van der Waals surface area contributed by atoms with Crippen LogP contribution in [0.3, 0.4) is 0 Å². The smallest absolute Gasteiger partial charge is 0.337 e. The van der Waals surface area contributed by atoms with Gasteiger partial charge in [0, 0.05) is 22.5 Å². The molecule has 1 aliphatic heterocycles. The number of ketones is 1. The van der Waals surface area contributed by atoms with Crippen molar-refractivity contribution in [2.24, 2.45) is 11.8 Å². The van der Waals surface area contributed by atoms with Gasteiger partial charge in [-0.05, 0) is 43.0 Å². The number of carbonyl (C=O) groups excluding carboxylic acids is 3. The summed E-state index contributed by atoms with van der Waals surface area (Å²) in [5.74, 6) is -4.11. The molecule has 36 heavy (non-hydrogen) atoms. The van der Waals surface area contributed by atoms with E-state index in [1.165, 1.54) is 19.2 Å². The highest BCUT2D eigenvalue weighted by Crippen LogP contribution is 2.46. The van der Waals surface area contributed by atoms with Crippen molar-refractivity contribution in [2.45, 2.75) is 32.8 Å². The lowest BCUT2D eigenvalue weighted by atomic mass is 9.69. The van der Waals surface area contributed by atoms with Crippen LogP contribution in [0.4, 0.5) is 4.39 Å². The summed E-state index contributed by atoms with van der Waals surface area (Å²) in [6.07, 6.45) is 0.372. The summed E-state index contributed by atoms with van der Waals surface area (Å²) in [6.45, 7) is 3.47. The fourth-order valence-electron chi connectivity index (χ4n) is 4.92. The van der Waals surface area contributed by atoms with Gasteiger partial charge in [0.2, 0.25) is 0 Å². The fourth-order valence-corrected chi connectivity index (χ4v) is 4.92. The third-order valence-corrected chi connectivity index (χ3v) is 6.71. The van der Waals surface area contributed by atoms with Gasteiger partial charge < -0.3 is 19.5 Å². The topological polar surface area (TPSA) is 90.9 Å². The first-order valence-electron chi connectivity index (χ1n) is 11.6. The largest absolute Gasteiger partial charge is 0.497 e. The van der Waals surface area contributed by atoms with E-state index in [2.05, 4.69) is 5.32 Å². The van der Waals surface area contributed by atoms with Gasteiger partial charge in [-0.3, -0.25) is 9.59 Å². The number of halogens is 1. The summed E-state index contributed by atoms with van der Waals surface area (Å²) < 4.78 is 30.8. The van der Waals surface area contributed by atoms with Crippen LogP contribution in [-0.4, -0.2) is 31.9 Å². The lowest BCUT2D eigenvalue weighted by Gasteiger charge is -2.38. The lowest BCUT2D eigenvalue weighted by Crippen LogP contribution is -2.43. The highest BCUT2D eigenvalue weighted by Gasteiger charge is 2.47. The van der Waals surface area contributed by atoms with Gasteiger partial charge in [-0.25, -0.2) is 9.18 Å². The Bertz CT molecular complexity index is 1260. The number of benzene rings is 2. The molecule has 2 aromatic rings. The zero-order chi connectivity index (χ0) is 26.0. The molecule has 0 aromatic heterocycles. The molecule has 0 unspecified atom stereocenters. The molecule has 188 valence electrons. The number of ether oxygens (including phenoxy) is 3. The summed E-state index contributed by atoms with van der Waals surface area (Å²) >= 11 is 0. The van der Waals surface area contributed by atoms with Crippen LogP contribution >= 0.6 is 0 Å². The average molecular weight is 494 g/mol. The SMILES string of the molecule is COC(=O)[C@@H]1C(=O)C2=C(C[C@@H]1C)NC(C)=C(C(=O)OCc1ccc(OC)cc1)[C@H]2c1ccccc1F. The number of nitrogens with one attached hydrogen (secondary N) is 1. The zero-order valence-corrected chi connectivity index (χ0v) is 20.6. The third kappa shape index (κ3) is 4.63. The predicted molar refractivity (Wildman–Crippen MR) is 129 cm³/mol. The average Bonchev–Trinajstić information content (AvgIpc) is 2.87. The summed E-state index contributed by atoms with van der Waals surface area (Å²) in [5.41, 5.74) is 2.26. The van der Waals surface area contributed by atoms with Crippen LogP contribution in [0.1, 0.15) is 37.3 Å². The van der Waals surface area contributed by atoms with E-state index in [0.717, 1.165) is 5.56 Å². The number of dihydropyridines is 1. The highest BCUT2D eigenvalue weighted by atomic mass is 19.1. The Morgan fingerprint density at radius 1 is 1.08 bits per heavy atom. The van der Waals surface area contributed by atoms with E-state index in [0.29, 0.717) is 23.6 Å². The van der Waals surface area contributed by atoms with Crippen molar-refractivity contribution in [1.82, 2.24) is 5.32 Å². The molecule has 0 bridgehead atoms. The van der Waals surface area contributed by atoms with Crippen LogP contribution in [0, 0.1) is 17.7 Å². The Balaban J connectivity index is 1.73. The normalized spacial score (nSPS) is 21.5. The van der Waals surface area contributed by atoms with Crippen molar-refractivity contribution in [3.8, 4) is 5.75 Å². The second kappa shape index (κ2) is 10.4. The minimum Gasteiger partial charge on any atom is -0.497 e. The number of hydrogen-bond donors (Lipinski definition) is 1. The van der Waals surface area contributed by atoms with E-state index in [9.17, 15) is 14.4 Å². The Labute approximate surface area is 208 Å². The van der Waals surface area contributed by atoms with Crippen molar-refractivity contribution >= 4 is 17.7 Å². The molecule has 7 nitrogen and oxygen atoms in total. The number of esters is 2. The first-order chi connectivity index (χ1) is 17.3. The minimum atomic E-state index is -1.04. The molecule has 1 heterocycles. The summed E-state index contributed by atoms with van der Waals surface area (Å²) in [6, 6.07) is 13.1. The molecule has 4 rings (SSSR count). The Kier molecular flexibility index (Phi) is 7.24. The molecule has 0 radical (unpaired) electrons. The quantitative estimate of drug-likeness (QED) is 0.477. The van der Waals surface area contributed by atoms with Crippen molar-refractivity contribution in [3.05, 3.63) is 88.0 Å². The number of allylic oxidation sites excluding steroid dienone is 3. The van der Waals surface area contributed by atoms with Gasteiger partial charge >= 0.3 is 11.9 Å². The van der Waals surface area contributed by atoms with E-state index >= 15 is 4.39 Å². The number of methoxy groups -OCH3 is 2. The second-order valence-corrected chi connectivity index (χ2v) is 8.98. The van der Waals surface area contributed by atoms with Crippen molar-refractivity contribution < 1.29 is 33.0 Å². The molecule has 0 saturated heterocycles. The van der Waals surface area contributed by atoms with Gasteiger partial charge in [0.25, 0.3) is 0 Å². The second-order valence-electron chi connectivity index (χ2n) is 8.98. The van der Waals surface area contributed by atoms with Crippen molar-refractivity contribution in [1.29, 1.82) is 0 Å². The fraction of sp³-hybridized carbons (Fsp3) is 0.321. The number of Topliss-reactive ketones (excluding diaryl/α,β-unsaturated/α-hetero) is 1. The maximum Gasteiger partial charge on any atom is 0.337 e. The number of hydrogen-bond acceptors (Lipinski definition) is 7. The van der Waals surface area contributed by atoms with Crippen LogP contribution in [0.15, 0.2) is 71.1 Å². The Hall–Kier alpha value is -3.94. The maximum atomic E-state index is 15.1. The van der Waals surface area contributed by atoms with E-state index in [4.69, 9.17) is 14.2 Å². The minimum absolute atomic E-state index is 0.0225. The van der Waals surface area contributed by atoms with Crippen LogP contribution in [-0.2, 0) is 30.5 Å². The molecule has 2 aliphatic rings. The molecular formula is C28H28FNO6. The van der Waals surface area contributed by atoms with Crippen LogP contribution < -0.4 is 10.1 Å². The third-order valence-electron chi connectivity index (χ3n) is 6.71. The molecule has 8 heteroatoms. The molecule has 0 fully saturated rings. The highest BCUT2D eigenvalue weighted by molar-refractivity contribution is 6.12. The van der Waals surface area contributed by atoms with Gasteiger partial charge in [0.05, 0.1) is 25.7 Å². The summed E-state index contributed by atoms with van der Waals surface area (Å²) in [5, 5.41) is 3.17. The number of rotatable bonds is 6. The van der Waals surface area contributed by atoms with Gasteiger partial charge in [-0.15, -0.1) is 0 Å². The molecule has 0 amide bonds. The molecule has 0 saturated carbocycles. The van der Waals surface area contributed by atoms with E-state index < -0.39 is 35.4 Å². The van der Waals surface area contributed by atoms with E-state index in [-0.39, 0.29) is 29.2 Å². The molecule has 1 aliphatic carbocycles. The standard InChI is InChI=1S/C28H28FNO6/c1-15-13-21-25(26(31)22(15)27(32)35-4)24(19-7-5-6-8-20(19)29)23(16(2)30-21)28(33)36-14-17-9-11-18(34-3)12-10-17/h5-12,15,22,24,30H,13-14H2,1-4H3/t15-,22-,24+/m0/s1. The molecular weight excluding hydrogens is 465 g/mol. The Morgan fingerprint density at radius 2 is 1.78 bits per heavy atom. The van der Waals surface area contributed by atoms with Gasteiger partial charge in [0.1, 0.15) is 24.1 Å². The number of carbonyl (C=O) groups is 3. The zero-order valence-electron chi connectivity index (χ0n) is 20.6. The molecule has 0 spiro atoms. The van der Waals surface area contributed by atoms with E-state index in [1.54, 1.807) is 57.4 Å². The lowest BCUT2D eigenvalue weighted by molar-refractivity contribution is -0.151. The van der Waals surface area contributed by atoms with Crippen molar-refractivity contribution in [3.63, 3.8) is 0 Å². The van der Waals surface area contributed by atoms with Gasteiger partial charge in [-0.1, -0.05) is 37.3 Å². The van der Waals surface area contributed by atoms with E-state index in [1.807, 2.05) is 0 Å². The van der Waals surface area contributed by atoms with Crippen LogP contribution in [0.5, 0.6) is 5.75 Å². The maximum absolute atomic E-state index is 15.1. The monoisotopic (exact) mass is 493 g/mol. The van der Waals surface area contributed by atoms with Crippen LogP contribution in [0.2, 0.25) is 0 Å². The predicted octanol–water partition coefficient (Wildman–Crippen LogP) is 4.19. The Morgan fingerprint density at radius 3 is 2.42 bits per heavy atom. The van der Waals surface area contributed by atoms with Crippen molar-refractivity contribution in [2.75, 3.05) is 14.2 Å². The molecule has 2 aromatic carbocycles. The van der Waals surface area contributed by atoms with Gasteiger partial charge in [0.15, 0.2) is 5.78 Å². The summed E-state index contributed by atoms with van der Waals surface area (Å²) in [4.78, 5) is 39.6. The first kappa shape index (κ1) is 25.2. The van der Waals surface area contributed by atoms with Crippen LogP contribution in [0.25, 0.3) is 0 Å². The summed E-state index contributed by atoms with van der Waals surface area (Å²) in [7, 11) is 2.79. The van der Waals surface area contributed by atoms with Gasteiger partial charge in [-0.2, -0.15) is 0 Å². The first-order valence-corrected chi connectivity index (χ1v) is 11.6. The molecule has 1 N–H and O–H groups in total. The molecule has 3 atom stereocenters.